The SMILES string of the molecule is CC(C)c1noc(N2CCC(CCCOc3cnc(N4CC(C#CN5CC(F)(F)CCC5=O)[C@@H](N)C4)nc3)CC2)n1. The number of piperidine rings is 2. The summed E-state index contributed by atoms with van der Waals surface area (Å²) in [6.07, 6.45) is 6.86. The minimum atomic E-state index is -2.91. The number of anilines is 2. The molecule has 0 aliphatic carbocycles. The summed E-state index contributed by atoms with van der Waals surface area (Å²) in [5.74, 6) is 2.10. The Balaban J connectivity index is 1.02. The molecule has 0 spiro atoms. The summed E-state index contributed by atoms with van der Waals surface area (Å²) in [7, 11) is 0. The minimum Gasteiger partial charge on any atom is -0.490 e. The van der Waals surface area contributed by atoms with Gasteiger partial charge in [-0.3, -0.25) is 9.69 Å². The number of aromatic nitrogens is 4. The number of likely N-dealkylation sites (tertiary alicyclic amines) is 1. The van der Waals surface area contributed by atoms with Crippen LogP contribution in [0.4, 0.5) is 20.7 Å². The summed E-state index contributed by atoms with van der Waals surface area (Å²) in [5, 5.41) is 4.06. The van der Waals surface area contributed by atoms with Gasteiger partial charge in [0.05, 0.1) is 31.5 Å². The van der Waals surface area contributed by atoms with Crippen LogP contribution in [0.15, 0.2) is 16.9 Å². The second kappa shape index (κ2) is 12.5. The molecule has 3 saturated heterocycles. The van der Waals surface area contributed by atoms with Gasteiger partial charge in [-0.2, -0.15) is 4.98 Å². The fourth-order valence-corrected chi connectivity index (χ4v) is 5.34. The number of nitrogens with zero attached hydrogens (tertiary/aromatic N) is 7. The molecule has 2 N–H and O–H groups in total. The third kappa shape index (κ3) is 7.41. The van der Waals surface area contributed by atoms with Gasteiger partial charge in [0, 0.05) is 57.0 Å². The van der Waals surface area contributed by atoms with Crippen LogP contribution in [0.2, 0.25) is 0 Å². The summed E-state index contributed by atoms with van der Waals surface area (Å²) in [4.78, 5) is 30.3. The number of hydrogen-bond acceptors (Lipinski definition) is 10. The molecular formula is C28H38F2N8O3. The van der Waals surface area contributed by atoms with E-state index < -0.39 is 18.9 Å². The third-order valence-electron chi connectivity index (χ3n) is 7.90. The molecule has 3 aliphatic rings. The molecule has 0 bridgehead atoms. The molecule has 222 valence electrons. The van der Waals surface area contributed by atoms with E-state index in [1.807, 2.05) is 4.90 Å². The first-order valence-electron chi connectivity index (χ1n) is 14.4. The van der Waals surface area contributed by atoms with E-state index >= 15 is 0 Å². The summed E-state index contributed by atoms with van der Waals surface area (Å²) in [5.41, 5.74) is 6.24. The highest BCUT2D eigenvalue weighted by Gasteiger charge is 2.39. The van der Waals surface area contributed by atoms with Crippen molar-refractivity contribution >= 4 is 17.9 Å². The highest BCUT2D eigenvalue weighted by molar-refractivity contribution is 5.79. The molecule has 2 aromatic rings. The van der Waals surface area contributed by atoms with E-state index in [1.165, 1.54) is 0 Å². The summed E-state index contributed by atoms with van der Waals surface area (Å²) in [6.45, 7) is 6.79. The van der Waals surface area contributed by atoms with E-state index in [0.717, 1.165) is 49.5 Å². The highest BCUT2D eigenvalue weighted by Crippen LogP contribution is 2.28. The number of carbonyl (C=O) groups excluding carboxylic acids is 1. The predicted octanol–water partition coefficient (Wildman–Crippen LogP) is 3.04. The highest BCUT2D eigenvalue weighted by atomic mass is 19.3. The molecule has 2 aromatic heterocycles. The van der Waals surface area contributed by atoms with Crippen molar-refractivity contribution in [2.75, 3.05) is 49.1 Å². The van der Waals surface area contributed by atoms with Crippen LogP contribution in [-0.4, -0.2) is 82.2 Å². The molecule has 1 unspecified atom stereocenters. The molecule has 13 heteroatoms. The molecular weight excluding hydrogens is 534 g/mol. The van der Waals surface area contributed by atoms with Gasteiger partial charge in [0.25, 0.3) is 5.92 Å². The van der Waals surface area contributed by atoms with E-state index in [4.69, 9.17) is 15.0 Å². The van der Waals surface area contributed by atoms with Crippen molar-refractivity contribution in [2.45, 2.75) is 70.3 Å². The summed E-state index contributed by atoms with van der Waals surface area (Å²) >= 11 is 0. The molecule has 5 heterocycles. The standard InChI is InChI=1S/C28H38F2N8O3/c1-19(2)25-34-27(41-35-25)36-10-6-20(7-11-36)4-3-13-40-22-14-32-26(33-15-22)38-16-21(23(31)17-38)8-12-37-18-28(29,30)9-5-24(37)39/h14-15,19-21,23H,3-7,9-11,13,16-18,31H2,1-2H3/t21?,23-/m0/s1. The summed E-state index contributed by atoms with van der Waals surface area (Å²) in [6, 6.07) is 2.94. The first-order valence-corrected chi connectivity index (χ1v) is 14.4. The maximum Gasteiger partial charge on any atom is 0.324 e. The number of amides is 1. The van der Waals surface area contributed by atoms with Gasteiger partial charge in [0.2, 0.25) is 11.9 Å². The van der Waals surface area contributed by atoms with Crippen molar-refractivity contribution in [3.8, 4) is 17.7 Å². The van der Waals surface area contributed by atoms with Gasteiger partial charge in [-0.1, -0.05) is 24.9 Å². The van der Waals surface area contributed by atoms with Gasteiger partial charge in [0.15, 0.2) is 11.6 Å². The lowest BCUT2D eigenvalue weighted by molar-refractivity contribution is -0.141. The largest absolute Gasteiger partial charge is 0.490 e. The van der Waals surface area contributed by atoms with Crippen LogP contribution in [0, 0.1) is 23.8 Å². The molecule has 0 aromatic carbocycles. The van der Waals surface area contributed by atoms with E-state index in [9.17, 15) is 13.6 Å². The number of nitrogens with two attached hydrogens (primary N) is 1. The van der Waals surface area contributed by atoms with Crippen LogP contribution >= 0.6 is 0 Å². The monoisotopic (exact) mass is 572 g/mol. The zero-order valence-electron chi connectivity index (χ0n) is 23.6. The van der Waals surface area contributed by atoms with Gasteiger partial charge < -0.3 is 24.8 Å². The van der Waals surface area contributed by atoms with Gasteiger partial charge in [-0.25, -0.2) is 18.7 Å². The topological polar surface area (TPSA) is 127 Å². The van der Waals surface area contributed by atoms with E-state index in [2.05, 4.69) is 50.8 Å². The Morgan fingerprint density at radius 1 is 1.20 bits per heavy atom. The average Bonchev–Trinajstić information content (AvgIpc) is 3.60. The molecule has 0 radical (unpaired) electrons. The number of halogens is 2. The first-order chi connectivity index (χ1) is 19.7. The molecule has 3 aliphatic heterocycles. The van der Waals surface area contributed by atoms with Crippen LogP contribution in [-0.2, 0) is 4.79 Å². The summed E-state index contributed by atoms with van der Waals surface area (Å²) < 4.78 is 38.6. The fourth-order valence-electron chi connectivity index (χ4n) is 5.34. The number of carbonyl (C=O) groups is 1. The lowest BCUT2D eigenvalue weighted by Gasteiger charge is -2.30. The van der Waals surface area contributed by atoms with Crippen molar-refractivity contribution in [2.24, 2.45) is 17.6 Å². The first kappa shape index (κ1) is 29.0. The smallest absolute Gasteiger partial charge is 0.324 e. The maximum atomic E-state index is 13.7. The van der Waals surface area contributed by atoms with Gasteiger partial charge >= 0.3 is 6.01 Å². The van der Waals surface area contributed by atoms with Crippen molar-refractivity contribution < 1.29 is 22.8 Å². The normalized spacial score (nSPS) is 23.2. The Labute approximate surface area is 238 Å². The van der Waals surface area contributed by atoms with Crippen molar-refractivity contribution in [1.29, 1.82) is 0 Å². The maximum absolute atomic E-state index is 13.7. The second-order valence-electron chi connectivity index (χ2n) is 11.5. The Kier molecular flexibility index (Phi) is 8.87. The van der Waals surface area contributed by atoms with Crippen LogP contribution in [0.1, 0.15) is 64.1 Å². The number of alkyl halides is 2. The zero-order valence-corrected chi connectivity index (χ0v) is 23.6. The van der Waals surface area contributed by atoms with Crippen molar-refractivity contribution in [3.63, 3.8) is 0 Å². The van der Waals surface area contributed by atoms with E-state index in [-0.39, 0.29) is 30.2 Å². The minimum absolute atomic E-state index is 0.200. The quantitative estimate of drug-likeness (QED) is 0.373. The molecule has 0 saturated carbocycles. The van der Waals surface area contributed by atoms with Gasteiger partial charge in [-0.15, -0.1) is 0 Å². The Hall–Kier alpha value is -3.53. The second-order valence-corrected chi connectivity index (χ2v) is 11.5. The van der Waals surface area contributed by atoms with Gasteiger partial charge in [0.1, 0.15) is 0 Å². The third-order valence-corrected chi connectivity index (χ3v) is 7.90. The number of rotatable bonds is 8. The predicted molar refractivity (Wildman–Crippen MR) is 147 cm³/mol. The Morgan fingerprint density at radius 3 is 2.66 bits per heavy atom. The van der Waals surface area contributed by atoms with Gasteiger partial charge in [-0.05, 0) is 31.6 Å². The van der Waals surface area contributed by atoms with Crippen LogP contribution in [0.5, 0.6) is 5.75 Å². The molecule has 5 rings (SSSR count). The zero-order chi connectivity index (χ0) is 29.0. The van der Waals surface area contributed by atoms with E-state index in [0.29, 0.717) is 43.3 Å². The number of hydrogen-bond donors (Lipinski definition) is 1. The lowest BCUT2D eigenvalue weighted by atomic mass is 9.92. The fraction of sp³-hybridized carbons (Fsp3) is 0.679. The molecule has 1 amide bonds. The molecule has 2 atom stereocenters. The molecule has 11 nitrogen and oxygen atoms in total. The average molecular weight is 573 g/mol. The van der Waals surface area contributed by atoms with Crippen molar-refractivity contribution in [3.05, 3.63) is 18.2 Å². The number of ether oxygens (including phenoxy) is 1. The Bertz CT molecular complexity index is 1240. The molecule has 41 heavy (non-hydrogen) atoms. The van der Waals surface area contributed by atoms with Crippen LogP contribution in [0.25, 0.3) is 0 Å². The van der Waals surface area contributed by atoms with Crippen LogP contribution < -0.4 is 20.3 Å². The Morgan fingerprint density at radius 2 is 1.95 bits per heavy atom. The van der Waals surface area contributed by atoms with E-state index in [1.54, 1.807) is 12.4 Å². The van der Waals surface area contributed by atoms with Crippen molar-refractivity contribution in [1.82, 2.24) is 25.0 Å². The van der Waals surface area contributed by atoms with Crippen LogP contribution in [0.3, 0.4) is 0 Å². The lowest BCUT2D eigenvalue weighted by Crippen LogP contribution is -2.43. The molecule has 3 fully saturated rings.